The van der Waals surface area contributed by atoms with Gasteiger partial charge in [-0.25, -0.2) is 0 Å². The predicted molar refractivity (Wildman–Crippen MR) is 129 cm³/mol. The van der Waals surface area contributed by atoms with Gasteiger partial charge in [-0.15, -0.1) is 0 Å². The molecule has 4 atom stereocenters. The SMILES string of the molecule is O=c1cccc2n1CC1CC2CN(Cc2cc3c(cc2O)OCC2c4cc5c(cc4OC32)OCO5)C1. The molecular weight excluding hydrogens is 460 g/mol. The number of likely N-dealkylation sites (tertiary alicyclic amines) is 1. The average molecular weight is 487 g/mol. The summed E-state index contributed by atoms with van der Waals surface area (Å²) < 4.78 is 25.6. The molecule has 8 heteroatoms. The lowest BCUT2D eigenvalue weighted by molar-refractivity contribution is 0.113. The number of aromatic nitrogens is 1. The molecular formula is C28H26N2O6. The summed E-state index contributed by atoms with van der Waals surface area (Å²) in [5, 5.41) is 10.9. The third-order valence-corrected chi connectivity index (χ3v) is 8.41. The highest BCUT2D eigenvalue weighted by Gasteiger charge is 2.43. The normalized spacial score (nSPS) is 26.8. The molecule has 1 saturated heterocycles. The van der Waals surface area contributed by atoms with Crippen molar-refractivity contribution in [2.45, 2.75) is 37.5 Å². The fourth-order valence-electron chi connectivity index (χ4n) is 6.82. The maximum absolute atomic E-state index is 12.4. The van der Waals surface area contributed by atoms with E-state index in [0.717, 1.165) is 59.9 Å². The molecule has 8 nitrogen and oxygen atoms in total. The first-order valence-electron chi connectivity index (χ1n) is 12.6. The molecule has 184 valence electrons. The van der Waals surface area contributed by atoms with E-state index in [0.29, 0.717) is 36.5 Å². The lowest BCUT2D eigenvalue weighted by Crippen LogP contribution is -2.46. The number of hydrogen-bond acceptors (Lipinski definition) is 7. The highest BCUT2D eigenvalue weighted by Crippen LogP contribution is 2.55. The fourth-order valence-corrected chi connectivity index (χ4v) is 6.82. The maximum atomic E-state index is 12.4. The van der Waals surface area contributed by atoms with Crippen molar-refractivity contribution in [1.29, 1.82) is 0 Å². The van der Waals surface area contributed by atoms with Gasteiger partial charge in [-0.05, 0) is 30.5 Å². The number of fused-ring (bicyclic) bond motifs is 10. The minimum atomic E-state index is -0.176. The first-order chi connectivity index (χ1) is 17.6. The van der Waals surface area contributed by atoms with E-state index in [-0.39, 0.29) is 30.1 Å². The number of phenolic OH excluding ortho intramolecular Hbond substituents is 1. The molecule has 6 heterocycles. The Morgan fingerprint density at radius 2 is 1.81 bits per heavy atom. The summed E-state index contributed by atoms with van der Waals surface area (Å²) in [6.07, 6.45) is 0.933. The number of pyridine rings is 1. The van der Waals surface area contributed by atoms with Crippen LogP contribution in [0.25, 0.3) is 0 Å². The van der Waals surface area contributed by atoms with E-state index in [2.05, 4.69) is 17.0 Å². The number of hydrogen-bond donors (Lipinski definition) is 1. The maximum Gasteiger partial charge on any atom is 0.250 e. The van der Waals surface area contributed by atoms with Crippen molar-refractivity contribution < 1.29 is 24.1 Å². The number of ether oxygens (including phenoxy) is 4. The minimum absolute atomic E-state index is 0.0588. The molecule has 3 aromatic rings. The molecule has 36 heavy (non-hydrogen) atoms. The summed E-state index contributed by atoms with van der Waals surface area (Å²) >= 11 is 0. The Balaban J connectivity index is 1.08. The third-order valence-electron chi connectivity index (χ3n) is 8.41. The van der Waals surface area contributed by atoms with Gasteiger partial charge in [-0.2, -0.15) is 0 Å². The molecule has 0 radical (unpaired) electrons. The Morgan fingerprint density at radius 1 is 0.917 bits per heavy atom. The molecule has 2 bridgehead atoms. The van der Waals surface area contributed by atoms with Crippen LogP contribution < -0.4 is 24.5 Å². The van der Waals surface area contributed by atoms with E-state index in [1.807, 2.05) is 22.8 Å². The van der Waals surface area contributed by atoms with Crippen molar-refractivity contribution in [1.82, 2.24) is 9.47 Å². The monoisotopic (exact) mass is 486 g/mol. The summed E-state index contributed by atoms with van der Waals surface area (Å²) in [7, 11) is 0. The Morgan fingerprint density at radius 3 is 2.72 bits per heavy atom. The standard InChI is InChI=1S/C28H26N2O6/c31-22-7-23-19(28-20(13-33-23)18-6-25-26(35-14-34-25)8-24(18)36-28)5-17(22)12-29-9-15-4-16(11-29)21-2-1-3-27(32)30(21)10-15/h1-3,5-8,15-16,20,28,31H,4,9-14H2. The highest BCUT2D eigenvalue weighted by atomic mass is 16.7. The first kappa shape index (κ1) is 20.5. The van der Waals surface area contributed by atoms with E-state index in [4.69, 9.17) is 18.9 Å². The molecule has 0 saturated carbocycles. The number of phenols is 1. The van der Waals surface area contributed by atoms with Crippen LogP contribution in [0.1, 0.15) is 46.7 Å². The van der Waals surface area contributed by atoms with E-state index in [1.54, 1.807) is 12.1 Å². The van der Waals surface area contributed by atoms with E-state index >= 15 is 0 Å². The van der Waals surface area contributed by atoms with Gasteiger partial charge in [-0.3, -0.25) is 9.69 Å². The third kappa shape index (κ3) is 3.00. The van der Waals surface area contributed by atoms with Crippen molar-refractivity contribution in [3.63, 3.8) is 0 Å². The van der Waals surface area contributed by atoms with Gasteiger partial charge in [0.2, 0.25) is 6.79 Å². The number of nitrogens with zero attached hydrogens (tertiary/aromatic N) is 2. The van der Waals surface area contributed by atoms with Crippen LogP contribution in [0.3, 0.4) is 0 Å². The second-order valence-corrected chi connectivity index (χ2v) is 10.6. The number of aromatic hydroxyl groups is 1. The number of rotatable bonds is 2. The van der Waals surface area contributed by atoms with Gasteiger partial charge in [-0.1, -0.05) is 6.07 Å². The number of piperidine rings is 1. The molecule has 0 spiro atoms. The quantitative estimate of drug-likeness (QED) is 0.594. The van der Waals surface area contributed by atoms with Crippen LogP contribution in [0.4, 0.5) is 0 Å². The molecule has 0 aliphatic carbocycles. The van der Waals surface area contributed by atoms with Gasteiger partial charge in [0.15, 0.2) is 11.5 Å². The van der Waals surface area contributed by atoms with Crippen molar-refractivity contribution in [2.24, 2.45) is 5.92 Å². The molecule has 5 aliphatic rings. The van der Waals surface area contributed by atoms with E-state index < -0.39 is 0 Å². The minimum Gasteiger partial charge on any atom is -0.507 e. The Hall–Kier alpha value is -3.65. The molecule has 2 aromatic carbocycles. The zero-order valence-electron chi connectivity index (χ0n) is 19.7. The number of benzene rings is 2. The molecule has 4 unspecified atom stereocenters. The average Bonchev–Trinajstić information content (AvgIpc) is 3.47. The second-order valence-electron chi connectivity index (χ2n) is 10.6. The molecule has 5 aliphatic heterocycles. The van der Waals surface area contributed by atoms with Gasteiger partial charge in [0.05, 0.1) is 12.5 Å². The first-order valence-corrected chi connectivity index (χ1v) is 12.6. The van der Waals surface area contributed by atoms with Crippen LogP contribution in [0, 0.1) is 5.92 Å². The highest BCUT2D eigenvalue weighted by molar-refractivity contribution is 5.58. The zero-order valence-corrected chi connectivity index (χ0v) is 19.7. The Labute approximate surface area is 207 Å². The summed E-state index contributed by atoms with van der Waals surface area (Å²) in [5.74, 6) is 4.00. The molecule has 1 aromatic heterocycles. The molecule has 1 fully saturated rings. The van der Waals surface area contributed by atoms with E-state index in [1.165, 1.54) is 0 Å². The van der Waals surface area contributed by atoms with Crippen molar-refractivity contribution >= 4 is 0 Å². The van der Waals surface area contributed by atoms with Crippen molar-refractivity contribution in [3.8, 4) is 28.7 Å². The summed E-state index contributed by atoms with van der Waals surface area (Å²) in [4.78, 5) is 14.8. The van der Waals surface area contributed by atoms with E-state index in [9.17, 15) is 9.90 Å². The molecule has 0 amide bonds. The summed E-state index contributed by atoms with van der Waals surface area (Å²) in [5.41, 5.74) is 4.13. The van der Waals surface area contributed by atoms with Crippen molar-refractivity contribution in [2.75, 3.05) is 26.5 Å². The lowest BCUT2D eigenvalue weighted by atomic mass is 9.83. The Kier molecular flexibility index (Phi) is 4.24. The van der Waals surface area contributed by atoms with Gasteiger partial charge < -0.3 is 28.6 Å². The largest absolute Gasteiger partial charge is 0.507 e. The Bertz CT molecular complexity index is 1470. The topological polar surface area (TPSA) is 82.4 Å². The fraction of sp³-hybridized carbons (Fsp3) is 0.393. The second kappa shape index (κ2) is 7.43. The van der Waals surface area contributed by atoms with Gasteiger partial charge in [0.25, 0.3) is 5.56 Å². The van der Waals surface area contributed by atoms with Gasteiger partial charge in [0.1, 0.15) is 23.4 Å². The lowest BCUT2D eigenvalue weighted by Gasteiger charge is -2.43. The van der Waals surface area contributed by atoms with Crippen LogP contribution in [0.2, 0.25) is 0 Å². The van der Waals surface area contributed by atoms with Crippen LogP contribution >= 0.6 is 0 Å². The van der Waals surface area contributed by atoms with Crippen LogP contribution in [0.15, 0.2) is 47.3 Å². The zero-order chi connectivity index (χ0) is 24.0. The van der Waals surface area contributed by atoms with Crippen molar-refractivity contribution in [3.05, 3.63) is 75.2 Å². The van der Waals surface area contributed by atoms with Gasteiger partial charge in [0, 0.05) is 72.7 Å². The van der Waals surface area contributed by atoms with Gasteiger partial charge >= 0.3 is 0 Å². The van der Waals surface area contributed by atoms with Crippen LogP contribution in [-0.2, 0) is 13.1 Å². The summed E-state index contributed by atoms with van der Waals surface area (Å²) in [6.45, 7) is 3.89. The molecule has 8 rings (SSSR count). The predicted octanol–water partition coefficient (Wildman–Crippen LogP) is 3.51. The van der Waals surface area contributed by atoms with Crippen LogP contribution in [0.5, 0.6) is 28.7 Å². The smallest absolute Gasteiger partial charge is 0.250 e. The van der Waals surface area contributed by atoms with Crippen LogP contribution in [-0.4, -0.2) is 41.1 Å². The summed E-state index contributed by atoms with van der Waals surface area (Å²) in [6, 6.07) is 13.3. The molecule has 1 N–H and O–H groups in total.